The van der Waals surface area contributed by atoms with Crippen molar-refractivity contribution in [3.63, 3.8) is 0 Å². The Morgan fingerprint density at radius 2 is 1.96 bits per heavy atom. The Bertz CT molecular complexity index is 1100. The van der Waals surface area contributed by atoms with E-state index in [0.717, 1.165) is 34.2 Å². The molecule has 1 aromatic carbocycles. The molecule has 150 valence electrons. The number of aromatic nitrogens is 2. The molecular formula is C19H24N4O3S2. The first-order chi connectivity index (χ1) is 13.3. The van der Waals surface area contributed by atoms with Crippen molar-refractivity contribution in [2.45, 2.75) is 13.5 Å². The second-order valence-corrected chi connectivity index (χ2v) is 10.3. The number of thiazole rings is 1. The number of benzene rings is 1. The van der Waals surface area contributed by atoms with Gasteiger partial charge in [0.15, 0.2) is 4.96 Å². The number of methoxy groups -OCH3 is 1. The highest BCUT2D eigenvalue weighted by molar-refractivity contribution is 7.88. The van der Waals surface area contributed by atoms with E-state index >= 15 is 0 Å². The molecular weight excluding hydrogens is 396 g/mol. The molecule has 7 nitrogen and oxygen atoms in total. The SMILES string of the molecule is COc1cccc(-c2nc3sc(C)cn3c2CN2CCN(S(C)(=O)=O)CC2)c1. The summed E-state index contributed by atoms with van der Waals surface area (Å²) in [5.74, 6) is 0.803. The van der Waals surface area contributed by atoms with E-state index in [9.17, 15) is 8.42 Å². The highest BCUT2D eigenvalue weighted by Gasteiger charge is 2.25. The lowest BCUT2D eigenvalue weighted by molar-refractivity contribution is 0.180. The third-order valence-electron chi connectivity index (χ3n) is 5.06. The van der Waals surface area contributed by atoms with Gasteiger partial charge in [-0.2, -0.15) is 4.31 Å². The van der Waals surface area contributed by atoms with Crippen LogP contribution < -0.4 is 4.74 Å². The largest absolute Gasteiger partial charge is 0.497 e. The van der Waals surface area contributed by atoms with Gasteiger partial charge in [0.2, 0.25) is 10.0 Å². The van der Waals surface area contributed by atoms with Gasteiger partial charge in [0.1, 0.15) is 5.75 Å². The molecule has 0 bridgehead atoms. The number of sulfonamides is 1. The quantitative estimate of drug-likeness (QED) is 0.634. The molecule has 0 N–H and O–H groups in total. The van der Waals surface area contributed by atoms with Gasteiger partial charge in [-0.3, -0.25) is 9.30 Å². The number of fused-ring (bicyclic) bond motifs is 1. The molecule has 1 saturated heterocycles. The summed E-state index contributed by atoms with van der Waals surface area (Å²) >= 11 is 1.67. The number of rotatable bonds is 5. The van der Waals surface area contributed by atoms with E-state index in [1.807, 2.05) is 24.3 Å². The van der Waals surface area contributed by atoms with Crippen LogP contribution in [0.5, 0.6) is 5.75 Å². The summed E-state index contributed by atoms with van der Waals surface area (Å²) in [6, 6.07) is 7.95. The molecule has 1 fully saturated rings. The molecule has 0 unspecified atom stereocenters. The topological polar surface area (TPSA) is 67.2 Å². The van der Waals surface area contributed by atoms with Crippen LogP contribution in [0, 0.1) is 6.92 Å². The smallest absolute Gasteiger partial charge is 0.211 e. The Balaban J connectivity index is 1.66. The van der Waals surface area contributed by atoms with Gasteiger partial charge in [0.05, 0.1) is 24.8 Å². The number of hydrogen-bond donors (Lipinski definition) is 0. The number of aryl methyl sites for hydroxylation is 1. The number of nitrogens with zero attached hydrogens (tertiary/aromatic N) is 4. The standard InChI is InChI=1S/C19H24N4O3S2/c1-14-12-23-17(13-21-7-9-22(10-8-21)28(3,24)25)18(20-19(23)27-14)15-5-4-6-16(11-15)26-2/h4-6,11-12H,7-10,13H2,1-3H3. The van der Waals surface area contributed by atoms with Gasteiger partial charge in [-0.05, 0) is 19.1 Å². The maximum atomic E-state index is 11.8. The van der Waals surface area contributed by atoms with Gasteiger partial charge < -0.3 is 4.74 Å². The van der Waals surface area contributed by atoms with Crippen molar-refractivity contribution in [2.75, 3.05) is 39.5 Å². The molecule has 0 spiro atoms. The van der Waals surface area contributed by atoms with E-state index in [-0.39, 0.29) is 0 Å². The predicted molar refractivity (Wildman–Crippen MR) is 111 cm³/mol. The van der Waals surface area contributed by atoms with Gasteiger partial charge in [-0.15, -0.1) is 11.3 Å². The number of hydrogen-bond acceptors (Lipinski definition) is 6. The fourth-order valence-electron chi connectivity index (χ4n) is 3.58. The summed E-state index contributed by atoms with van der Waals surface area (Å²) in [6.07, 6.45) is 3.40. The van der Waals surface area contributed by atoms with Crippen LogP contribution in [-0.4, -0.2) is 66.6 Å². The minimum Gasteiger partial charge on any atom is -0.497 e. The minimum atomic E-state index is -3.12. The molecule has 28 heavy (non-hydrogen) atoms. The maximum Gasteiger partial charge on any atom is 0.211 e. The second kappa shape index (κ2) is 7.47. The van der Waals surface area contributed by atoms with Crippen LogP contribution in [0.2, 0.25) is 0 Å². The highest BCUT2D eigenvalue weighted by Crippen LogP contribution is 2.31. The maximum absolute atomic E-state index is 11.8. The van der Waals surface area contributed by atoms with E-state index in [0.29, 0.717) is 26.2 Å². The summed E-state index contributed by atoms with van der Waals surface area (Å²) < 4.78 is 32.6. The normalized spacial score (nSPS) is 16.7. The Morgan fingerprint density at radius 1 is 1.21 bits per heavy atom. The lowest BCUT2D eigenvalue weighted by Crippen LogP contribution is -2.47. The summed E-state index contributed by atoms with van der Waals surface area (Å²) in [5, 5.41) is 0. The zero-order chi connectivity index (χ0) is 19.9. The van der Waals surface area contributed by atoms with Crippen molar-refractivity contribution in [1.29, 1.82) is 0 Å². The van der Waals surface area contributed by atoms with Crippen LogP contribution in [-0.2, 0) is 16.6 Å². The molecule has 0 amide bonds. The fraction of sp³-hybridized carbons (Fsp3) is 0.421. The third-order valence-corrected chi connectivity index (χ3v) is 7.26. The molecule has 3 heterocycles. The van der Waals surface area contributed by atoms with Crippen LogP contribution in [0.3, 0.4) is 0 Å². The number of ether oxygens (including phenoxy) is 1. The van der Waals surface area contributed by atoms with Crippen molar-refractivity contribution >= 4 is 26.3 Å². The highest BCUT2D eigenvalue weighted by atomic mass is 32.2. The molecule has 0 atom stereocenters. The van der Waals surface area contributed by atoms with E-state index in [1.54, 1.807) is 22.8 Å². The third kappa shape index (κ3) is 3.80. The fourth-order valence-corrected chi connectivity index (χ4v) is 5.26. The molecule has 0 aliphatic carbocycles. The summed E-state index contributed by atoms with van der Waals surface area (Å²) in [5.41, 5.74) is 3.11. The van der Waals surface area contributed by atoms with Gasteiger partial charge in [0, 0.05) is 49.4 Å². The van der Waals surface area contributed by atoms with Crippen LogP contribution in [0.4, 0.5) is 0 Å². The van der Waals surface area contributed by atoms with E-state index in [1.165, 1.54) is 11.1 Å². The predicted octanol–water partition coefficient (Wildman–Crippen LogP) is 2.46. The monoisotopic (exact) mass is 420 g/mol. The lowest BCUT2D eigenvalue weighted by Gasteiger charge is -2.33. The molecule has 1 aliphatic heterocycles. The average molecular weight is 421 g/mol. The molecule has 9 heteroatoms. The van der Waals surface area contributed by atoms with Crippen LogP contribution in [0.15, 0.2) is 30.5 Å². The van der Waals surface area contributed by atoms with Crippen molar-refractivity contribution in [1.82, 2.24) is 18.6 Å². The molecule has 1 aliphatic rings. The van der Waals surface area contributed by atoms with Crippen LogP contribution >= 0.6 is 11.3 Å². The van der Waals surface area contributed by atoms with E-state index in [2.05, 4.69) is 22.4 Å². The van der Waals surface area contributed by atoms with E-state index < -0.39 is 10.0 Å². The molecule has 0 radical (unpaired) electrons. The van der Waals surface area contributed by atoms with Gasteiger partial charge in [-0.1, -0.05) is 12.1 Å². The first-order valence-electron chi connectivity index (χ1n) is 9.14. The van der Waals surface area contributed by atoms with Gasteiger partial charge in [0.25, 0.3) is 0 Å². The Hall–Kier alpha value is -1.94. The Kier molecular flexibility index (Phi) is 5.17. The number of piperazine rings is 1. The van der Waals surface area contributed by atoms with Crippen molar-refractivity contribution in [3.8, 4) is 17.0 Å². The first-order valence-corrected chi connectivity index (χ1v) is 11.8. The van der Waals surface area contributed by atoms with Crippen molar-refractivity contribution < 1.29 is 13.2 Å². The first kappa shape index (κ1) is 19.4. The van der Waals surface area contributed by atoms with Crippen molar-refractivity contribution in [2.24, 2.45) is 0 Å². The van der Waals surface area contributed by atoms with Crippen LogP contribution in [0.1, 0.15) is 10.6 Å². The summed E-state index contributed by atoms with van der Waals surface area (Å²) in [6.45, 7) is 5.28. The van der Waals surface area contributed by atoms with E-state index in [4.69, 9.17) is 9.72 Å². The Labute approximate surface area is 169 Å². The molecule has 0 saturated carbocycles. The van der Waals surface area contributed by atoms with Crippen LogP contribution in [0.25, 0.3) is 16.2 Å². The average Bonchev–Trinajstić information content (AvgIpc) is 3.18. The Morgan fingerprint density at radius 3 is 2.64 bits per heavy atom. The second-order valence-electron chi connectivity index (χ2n) is 7.07. The zero-order valence-electron chi connectivity index (χ0n) is 16.3. The van der Waals surface area contributed by atoms with Gasteiger partial charge >= 0.3 is 0 Å². The summed E-state index contributed by atoms with van der Waals surface area (Å²) in [4.78, 5) is 9.37. The minimum absolute atomic E-state index is 0.526. The lowest BCUT2D eigenvalue weighted by atomic mass is 10.1. The van der Waals surface area contributed by atoms with Crippen molar-refractivity contribution in [3.05, 3.63) is 41.0 Å². The molecule has 2 aromatic heterocycles. The summed E-state index contributed by atoms with van der Waals surface area (Å²) in [7, 11) is -1.46. The number of imidazole rings is 1. The molecule has 3 aromatic rings. The van der Waals surface area contributed by atoms with Gasteiger partial charge in [-0.25, -0.2) is 13.4 Å². The molecule has 4 rings (SSSR count). The zero-order valence-corrected chi connectivity index (χ0v) is 17.9.